The average molecular weight is 308 g/mol. The van der Waals surface area contributed by atoms with E-state index in [0.717, 1.165) is 16.8 Å². The molecule has 0 aliphatic heterocycles. The first-order valence-electron chi connectivity index (χ1n) is 7.73. The van der Waals surface area contributed by atoms with Crippen LogP contribution in [0.25, 0.3) is 11.1 Å². The average Bonchev–Trinajstić information content (AvgIpc) is 2.94. The van der Waals surface area contributed by atoms with E-state index in [1.54, 1.807) is 12.1 Å². The second-order valence-electron chi connectivity index (χ2n) is 6.14. The zero-order valence-corrected chi connectivity index (χ0v) is 13.8. The van der Waals surface area contributed by atoms with Crippen LogP contribution in [0.3, 0.4) is 0 Å². The highest BCUT2D eigenvalue weighted by molar-refractivity contribution is 6.05. The third kappa shape index (κ3) is 3.11. The van der Waals surface area contributed by atoms with Gasteiger partial charge in [0, 0.05) is 17.2 Å². The Morgan fingerprint density at radius 1 is 1.09 bits per heavy atom. The Kier molecular flexibility index (Phi) is 3.90. The number of rotatable bonds is 3. The number of aryl methyl sites for hydroxylation is 2. The van der Waals surface area contributed by atoms with Crippen molar-refractivity contribution in [2.24, 2.45) is 0 Å². The van der Waals surface area contributed by atoms with E-state index >= 15 is 0 Å². The van der Waals surface area contributed by atoms with Crippen molar-refractivity contribution in [2.45, 2.75) is 33.6 Å². The van der Waals surface area contributed by atoms with Crippen LogP contribution in [0.2, 0.25) is 0 Å². The van der Waals surface area contributed by atoms with Crippen molar-refractivity contribution >= 4 is 22.7 Å². The molecule has 2 aromatic carbocycles. The molecule has 1 amide bonds. The largest absolute Gasteiger partial charge is 0.440 e. The van der Waals surface area contributed by atoms with E-state index < -0.39 is 0 Å². The molecule has 0 aliphatic rings. The molecule has 118 valence electrons. The molecule has 23 heavy (non-hydrogen) atoms. The third-order valence-electron chi connectivity index (χ3n) is 3.93. The number of hydrogen-bond acceptors (Lipinski definition) is 3. The fourth-order valence-electron chi connectivity index (χ4n) is 2.35. The molecule has 0 spiro atoms. The summed E-state index contributed by atoms with van der Waals surface area (Å²) in [6.45, 7) is 8.13. The molecule has 1 N–H and O–H groups in total. The zero-order chi connectivity index (χ0) is 16.6. The summed E-state index contributed by atoms with van der Waals surface area (Å²) < 4.78 is 5.71. The molecule has 0 fully saturated rings. The summed E-state index contributed by atoms with van der Waals surface area (Å²) in [5.41, 5.74) is 5.11. The van der Waals surface area contributed by atoms with E-state index in [9.17, 15) is 4.79 Å². The molecule has 0 atom stereocenters. The standard InChI is InChI=1S/C19H20N2O2/c1-11(2)19-21-16-8-6-14(10-17(16)23-19)18(22)20-15-7-5-12(3)13(4)9-15/h5-11H,1-4H3,(H,20,22). The molecule has 0 unspecified atom stereocenters. The summed E-state index contributed by atoms with van der Waals surface area (Å²) in [5.74, 6) is 0.750. The molecule has 0 saturated carbocycles. The topological polar surface area (TPSA) is 55.1 Å². The lowest BCUT2D eigenvalue weighted by Crippen LogP contribution is -2.11. The Morgan fingerprint density at radius 3 is 2.57 bits per heavy atom. The summed E-state index contributed by atoms with van der Waals surface area (Å²) in [6, 6.07) is 11.2. The highest BCUT2D eigenvalue weighted by atomic mass is 16.3. The molecule has 3 rings (SSSR count). The molecule has 0 bridgehead atoms. The monoisotopic (exact) mass is 308 g/mol. The number of amides is 1. The first kappa shape index (κ1) is 15.3. The number of carbonyl (C=O) groups is 1. The van der Waals surface area contributed by atoms with Crippen LogP contribution in [0.4, 0.5) is 5.69 Å². The number of aromatic nitrogens is 1. The van der Waals surface area contributed by atoms with Gasteiger partial charge >= 0.3 is 0 Å². The third-order valence-corrected chi connectivity index (χ3v) is 3.93. The van der Waals surface area contributed by atoms with Gasteiger partial charge in [0.2, 0.25) is 0 Å². The summed E-state index contributed by atoms with van der Waals surface area (Å²) >= 11 is 0. The molecule has 0 radical (unpaired) electrons. The fraction of sp³-hybridized carbons (Fsp3) is 0.263. The van der Waals surface area contributed by atoms with Crippen molar-refractivity contribution in [3.63, 3.8) is 0 Å². The van der Waals surface area contributed by atoms with Gasteiger partial charge in [-0.25, -0.2) is 4.98 Å². The molecular weight excluding hydrogens is 288 g/mol. The van der Waals surface area contributed by atoms with Crippen molar-refractivity contribution in [2.75, 3.05) is 5.32 Å². The Bertz CT molecular complexity index is 878. The minimum absolute atomic E-state index is 0.155. The van der Waals surface area contributed by atoms with Crippen molar-refractivity contribution in [1.82, 2.24) is 4.98 Å². The maximum atomic E-state index is 12.4. The molecule has 0 aliphatic carbocycles. The number of nitrogens with zero attached hydrogens (tertiary/aromatic N) is 1. The maximum Gasteiger partial charge on any atom is 0.255 e. The molecular formula is C19H20N2O2. The van der Waals surface area contributed by atoms with E-state index in [4.69, 9.17) is 4.42 Å². The summed E-state index contributed by atoms with van der Waals surface area (Å²) in [7, 11) is 0. The lowest BCUT2D eigenvalue weighted by molar-refractivity contribution is 0.102. The van der Waals surface area contributed by atoms with Gasteiger partial charge in [-0.3, -0.25) is 4.79 Å². The maximum absolute atomic E-state index is 12.4. The minimum atomic E-state index is -0.155. The van der Waals surface area contributed by atoms with Gasteiger partial charge < -0.3 is 9.73 Å². The van der Waals surface area contributed by atoms with Gasteiger partial charge in [0.05, 0.1) is 0 Å². The van der Waals surface area contributed by atoms with Gasteiger partial charge in [0.15, 0.2) is 11.5 Å². The van der Waals surface area contributed by atoms with Crippen LogP contribution < -0.4 is 5.32 Å². The van der Waals surface area contributed by atoms with Crippen molar-refractivity contribution in [1.29, 1.82) is 0 Å². The van der Waals surface area contributed by atoms with Gasteiger partial charge in [-0.05, 0) is 55.3 Å². The number of anilines is 1. The van der Waals surface area contributed by atoms with E-state index in [0.29, 0.717) is 17.0 Å². The summed E-state index contributed by atoms with van der Waals surface area (Å²) in [5, 5.41) is 2.92. The highest BCUT2D eigenvalue weighted by Crippen LogP contribution is 2.23. The first-order chi connectivity index (χ1) is 10.9. The van der Waals surface area contributed by atoms with Crippen LogP contribution in [-0.2, 0) is 0 Å². The van der Waals surface area contributed by atoms with Gasteiger partial charge in [-0.1, -0.05) is 19.9 Å². The van der Waals surface area contributed by atoms with Crippen LogP contribution in [0.15, 0.2) is 40.8 Å². The molecule has 4 nitrogen and oxygen atoms in total. The van der Waals surface area contributed by atoms with Crippen molar-refractivity contribution in [3.05, 3.63) is 59.0 Å². The molecule has 3 aromatic rings. The fourth-order valence-corrected chi connectivity index (χ4v) is 2.35. The van der Waals surface area contributed by atoms with Crippen LogP contribution in [0.5, 0.6) is 0 Å². The second kappa shape index (κ2) is 5.88. The zero-order valence-electron chi connectivity index (χ0n) is 13.8. The minimum Gasteiger partial charge on any atom is -0.440 e. The SMILES string of the molecule is Cc1ccc(NC(=O)c2ccc3nc(C(C)C)oc3c2)cc1C. The number of fused-ring (bicyclic) bond motifs is 1. The number of benzene rings is 2. The van der Waals surface area contributed by atoms with Gasteiger partial charge in [-0.15, -0.1) is 0 Å². The normalized spacial score (nSPS) is 11.2. The van der Waals surface area contributed by atoms with Crippen LogP contribution in [0, 0.1) is 13.8 Å². The summed E-state index contributed by atoms with van der Waals surface area (Å²) in [4.78, 5) is 16.8. The second-order valence-corrected chi connectivity index (χ2v) is 6.14. The summed E-state index contributed by atoms with van der Waals surface area (Å²) in [6.07, 6.45) is 0. The molecule has 0 saturated heterocycles. The molecule has 1 aromatic heterocycles. The van der Waals surface area contributed by atoms with Crippen molar-refractivity contribution in [3.8, 4) is 0 Å². The van der Waals surface area contributed by atoms with Gasteiger partial charge in [0.1, 0.15) is 5.52 Å². The van der Waals surface area contributed by atoms with E-state index in [-0.39, 0.29) is 11.8 Å². The van der Waals surface area contributed by atoms with Crippen molar-refractivity contribution < 1.29 is 9.21 Å². The van der Waals surface area contributed by atoms with E-state index in [1.165, 1.54) is 5.56 Å². The quantitative estimate of drug-likeness (QED) is 0.754. The smallest absolute Gasteiger partial charge is 0.255 e. The Balaban J connectivity index is 1.86. The number of oxazole rings is 1. The molecule has 1 heterocycles. The molecule has 4 heteroatoms. The van der Waals surface area contributed by atoms with Gasteiger partial charge in [-0.2, -0.15) is 0 Å². The van der Waals surface area contributed by atoms with Crippen LogP contribution in [-0.4, -0.2) is 10.9 Å². The number of nitrogens with one attached hydrogen (secondary N) is 1. The highest BCUT2D eigenvalue weighted by Gasteiger charge is 2.13. The van der Waals surface area contributed by atoms with Gasteiger partial charge in [0.25, 0.3) is 5.91 Å². The Labute approximate surface area is 135 Å². The number of hydrogen-bond donors (Lipinski definition) is 1. The predicted molar refractivity (Wildman–Crippen MR) is 92.0 cm³/mol. The number of carbonyl (C=O) groups excluding carboxylic acids is 1. The lowest BCUT2D eigenvalue weighted by atomic mass is 10.1. The lowest BCUT2D eigenvalue weighted by Gasteiger charge is -2.07. The Morgan fingerprint density at radius 2 is 1.87 bits per heavy atom. The van der Waals surface area contributed by atoms with E-state index in [2.05, 4.69) is 10.3 Å². The predicted octanol–water partition coefficient (Wildman–Crippen LogP) is 4.82. The Hall–Kier alpha value is -2.62. The van der Waals surface area contributed by atoms with Crippen LogP contribution in [0.1, 0.15) is 47.1 Å². The van der Waals surface area contributed by atoms with Crippen LogP contribution >= 0.6 is 0 Å². The van der Waals surface area contributed by atoms with E-state index in [1.807, 2.05) is 52.0 Å². The first-order valence-corrected chi connectivity index (χ1v) is 7.73.